The minimum absolute atomic E-state index is 0.0286. The molecule has 76 valence electrons. The minimum atomic E-state index is -0.764. The monoisotopic (exact) mass is 196 g/mol. The summed E-state index contributed by atoms with van der Waals surface area (Å²) in [4.78, 5) is 21.9. The number of nitrogens with one attached hydrogen (secondary N) is 2. The molecule has 0 saturated heterocycles. The Morgan fingerprint density at radius 2 is 1.86 bits per heavy atom. The lowest BCUT2D eigenvalue weighted by molar-refractivity contribution is -0.199. The van der Waals surface area contributed by atoms with Gasteiger partial charge in [-0.2, -0.15) is 0 Å². The molecule has 0 aromatic rings. The van der Waals surface area contributed by atoms with Gasteiger partial charge in [0.05, 0.1) is 11.1 Å². The molecule has 3 N–H and O–H groups in total. The largest absolute Gasteiger partial charge is 0.481 e. The first-order valence-electron chi connectivity index (χ1n) is 4.50. The first kappa shape index (κ1) is 9.18. The Morgan fingerprint density at radius 3 is 2.21 bits per heavy atom. The number of carboxylic acids is 1. The summed E-state index contributed by atoms with van der Waals surface area (Å²) in [5.41, 5.74) is -0.903. The number of carbonyl (C=O) groups excluding carboxylic acids is 1. The van der Waals surface area contributed by atoms with E-state index in [1.54, 1.807) is 0 Å². The van der Waals surface area contributed by atoms with Gasteiger partial charge in [-0.25, -0.2) is 0 Å². The van der Waals surface area contributed by atoms with Gasteiger partial charge in [0.1, 0.15) is 0 Å². The standard InChI is InChI=1S/C9H12N2O3/c1-5(10)6(12)11-9-2-8(3-9,4-9)7(13)14/h10H,2-4H2,1H3,(H,11,12)(H,13,14). The Hall–Kier alpha value is -1.39. The van der Waals surface area contributed by atoms with E-state index in [0.29, 0.717) is 19.3 Å². The summed E-state index contributed by atoms with van der Waals surface area (Å²) in [6, 6.07) is 0. The molecule has 2 bridgehead atoms. The molecule has 0 aliphatic heterocycles. The van der Waals surface area contributed by atoms with Crippen molar-refractivity contribution in [2.24, 2.45) is 5.41 Å². The van der Waals surface area contributed by atoms with Crippen molar-refractivity contribution in [1.29, 1.82) is 5.41 Å². The van der Waals surface area contributed by atoms with Gasteiger partial charge >= 0.3 is 5.97 Å². The van der Waals surface area contributed by atoms with Crippen LogP contribution in [0.25, 0.3) is 0 Å². The molecule has 0 aromatic heterocycles. The summed E-state index contributed by atoms with van der Waals surface area (Å²) in [7, 11) is 0. The van der Waals surface area contributed by atoms with Crippen LogP contribution >= 0.6 is 0 Å². The van der Waals surface area contributed by atoms with Gasteiger partial charge in [0.15, 0.2) is 0 Å². The van der Waals surface area contributed by atoms with Crippen LogP contribution in [0.3, 0.4) is 0 Å². The predicted molar refractivity (Wildman–Crippen MR) is 48.2 cm³/mol. The Bertz CT molecular complexity index is 328. The molecule has 1 amide bonds. The number of hydrogen-bond acceptors (Lipinski definition) is 3. The van der Waals surface area contributed by atoms with Gasteiger partial charge < -0.3 is 10.4 Å². The van der Waals surface area contributed by atoms with Crippen LogP contribution in [-0.2, 0) is 9.59 Å². The topological polar surface area (TPSA) is 90.3 Å². The third-order valence-corrected chi connectivity index (χ3v) is 3.20. The third-order valence-electron chi connectivity index (χ3n) is 3.20. The van der Waals surface area contributed by atoms with Crippen LogP contribution in [0, 0.1) is 10.8 Å². The molecule has 3 fully saturated rings. The van der Waals surface area contributed by atoms with Crippen LogP contribution in [0.15, 0.2) is 0 Å². The van der Waals surface area contributed by atoms with Crippen LogP contribution in [0.1, 0.15) is 26.2 Å². The highest BCUT2D eigenvalue weighted by Crippen LogP contribution is 2.67. The van der Waals surface area contributed by atoms with E-state index < -0.39 is 11.4 Å². The number of carbonyl (C=O) groups is 2. The molecule has 0 radical (unpaired) electrons. The fraction of sp³-hybridized carbons (Fsp3) is 0.667. The first-order valence-corrected chi connectivity index (χ1v) is 4.50. The first-order chi connectivity index (χ1) is 6.39. The van der Waals surface area contributed by atoms with Crippen LogP contribution in [-0.4, -0.2) is 28.2 Å². The fourth-order valence-corrected chi connectivity index (χ4v) is 2.48. The lowest BCUT2D eigenvalue weighted by Crippen LogP contribution is -2.77. The summed E-state index contributed by atoms with van der Waals surface area (Å²) < 4.78 is 0. The van der Waals surface area contributed by atoms with E-state index in [-0.39, 0.29) is 17.2 Å². The summed E-state index contributed by atoms with van der Waals surface area (Å²) in [5, 5.41) is 18.6. The quantitative estimate of drug-likeness (QED) is 0.561. The van der Waals surface area contributed by atoms with E-state index >= 15 is 0 Å². The zero-order chi connectivity index (χ0) is 10.6. The highest BCUT2D eigenvalue weighted by molar-refractivity contribution is 6.36. The van der Waals surface area contributed by atoms with Crippen molar-refractivity contribution in [3.63, 3.8) is 0 Å². The summed E-state index contributed by atoms with van der Waals surface area (Å²) in [5.74, 6) is -1.15. The van der Waals surface area contributed by atoms with E-state index in [0.717, 1.165) is 0 Å². The van der Waals surface area contributed by atoms with E-state index in [9.17, 15) is 9.59 Å². The zero-order valence-corrected chi connectivity index (χ0v) is 7.89. The van der Waals surface area contributed by atoms with Crippen molar-refractivity contribution in [1.82, 2.24) is 5.32 Å². The van der Waals surface area contributed by atoms with Crippen molar-refractivity contribution < 1.29 is 14.7 Å². The van der Waals surface area contributed by atoms with E-state index in [1.807, 2.05) is 0 Å². The molecular formula is C9H12N2O3. The molecule has 3 rings (SSSR count). The van der Waals surface area contributed by atoms with Gasteiger partial charge in [0.25, 0.3) is 5.91 Å². The highest BCUT2D eigenvalue weighted by atomic mass is 16.4. The second-order valence-electron chi connectivity index (χ2n) is 4.48. The van der Waals surface area contributed by atoms with E-state index in [4.69, 9.17) is 10.5 Å². The number of amides is 1. The second-order valence-corrected chi connectivity index (χ2v) is 4.48. The Kier molecular flexibility index (Phi) is 1.54. The normalized spacial score (nSPS) is 37.8. The van der Waals surface area contributed by atoms with Crippen molar-refractivity contribution in [2.45, 2.75) is 31.7 Å². The van der Waals surface area contributed by atoms with Crippen LogP contribution < -0.4 is 5.32 Å². The zero-order valence-electron chi connectivity index (χ0n) is 7.89. The molecule has 5 heteroatoms. The van der Waals surface area contributed by atoms with Gasteiger partial charge in [-0.1, -0.05) is 0 Å². The van der Waals surface area contributed by atoms with Crippen molar-refractivity contribution in [2.75, 3.05) is 0 Å². The molecule has 3 aliphatic carbocycles. The van der Waals surface area contributed by atoms with Crippen LogP contribution in [0.5, 0.6) is 0 Å². The fourth-order valence-electron chi connectivity index (χ4n) is 2.48. The number of aliphatic carboxylic acids is 1. The lowest BCUT2D eigenvalue weighted by Gasteiger charge is -2.67. The number of carboxylic acid groups (broad SMARTS) is 1. The summed E-state index contributed by atoms with van der Waals surface area (Å²) in [6.45, 7) is 1.42. The van der Waals surface area contributed by atoms with Gasteiger partial charge in [0, 0.05) is 5.54 Å². The lowest BCUT2D eigenvalue weighted by atomic mass is 9.39. The van der Waals surface area contributed by atoms with Crippen LogP contribution in [0.2, 0.25) is 0 Å². The third kappa shape index (κ3) is 0.981. The molecule has 0 heterocycles. The molecule has 0 aromatic carbocycles. The maximum atomic E-state index is 11.2. The van der Waals surface area contributed by atoms with Gasteiger partial charge in [-0.15, -0.1) is 0 Å². The summed E-state index contributed by atoms with van der Waals surface area (Å²) in [6.07, 6.45) is 1.57. The Labute approximate surface area is 81.0 Å². The van der Waals surface area contributed by atoms with Crippen molar-refractivity contribution >= 4 is 17.6 Å². The maximum Gasteiger partial charge on any atom is 0.309 e. The van der Waals surface area contributed by atoms with E-state index in [1.165, 1.54) is 6.92 Å². The van der Waals surface area contributed by atoms with Gasteiger partial charge in [-0.3, -0.25) is 15.0 Å². The highest BCUT2D eigenvalue weighted by Gasteiger charge is 2.72. The Balaban J connectivity index is 1.92. The molecule has 5 nitrogen and oxygen atoms in total. The molecule has 3 saturated carbocycles. The molecule has 0 spiro atoms. The maximum absolute atomic E-state index is 11.2. The molecule has 0 unspecified atom stereocenters. The van der Waals surface area contributed by atoms with Crippen molar-refractivity contribution in [3.05, 3.63) is 0 Å². The Morgan fingerprint density at radius 1 is 1.36 bits per heavy atom. The van der Waals surface area contributed by atoms with E-state index in [2.05, 4.69) is 5.32 Å². The average Bonchev–Trinajstić information content (AvgIpc) is 1.91. The average molecular weight is 196 g/mol. The smallest absolute Gasteiger partial charge is 0.309 e. The van der Waals surface area contributed by atoms with Gasteiger partial charge in [0.2, 0.25) is 0 Å². The SMILES string of the molecule is CC(=N)C(=O)NC12CC(C(=O)O)(C1)C2. The molecule has 14 heavy (non-hydrogen) atoms. The van der Waals surface area contributed by atoms with Crippen molar-refractivity contribution in [3.8, 4) is 0 Å². The minimum Gasteiger partial charge on any atom is -0.481 e. The molecule has 3 aliphatic rings. The predicted octanol–water partition coefficient (Wildman–Crippen LogP) is 0.150. The number of rotatable bonds is 3. The number of hydrogen-bond donors (Lipinski definition) is 3. The molecular weight excluding hydrogens is 184 g/mol. The summed E-state index contributed by atoms with van der Waals surface area (Å²) >= 11 is 0. The van der Waals surface area contributed by atoms with Gasteiger partial charge in [-0.05, 0) is 26.2 Å². The molecule has 0 atom stereocenters. The van der Waals surface area contributed by atoms with Crippen LogP contribution in [0.4, 0.5) is 0 Å². The second kappa shape index (κ2) is 2.34.